The van der Waals surface area contributed by atoms with Crippen molar-refractivity contribution < 1.29 is 9.13 Å². The van der Waals surface area contributed by atoms with E-state index in [2.05, 4.69) is 19.2 Å². The molecule has 2 aromatic carbocycles. The Hall–Kier alpha value is -1.74. The maximum Gasteiger partial charge on any atom is 0.123 e. The molecular formula is C20H29ClFNO. The van der Waals surface area contributed by atoms with Crippen LogP contribution < -0.4 is 10.1 Å². The molecule has 0 unspecified atom stereocenters. The van der Waals surface area contributed by atoms with Crippen LogP contribution in [0.3, 0.4) is 0 Å². The summed E-state index contributed by atoms with van der Waals surface area (Å²) in [7, 11) is 1.83. The molecule has 134 valence electrons. The lowest BCUT2D eigenvalue weighted by atomic mass is 10.0. The summed E-state index contributed by atoms with van der Waals surface area (Å²) in [4.78, 5) is 0. The summed E-state index contributed by atoms with van der Waals surface area (Å²) in [6.45, 7) is 10.8. The third-order valence-corrected chi connectivity index (χ3v) is 3.38. The lowest BCUT2D eigenvalue weighted by Gasteiger charge is -2.06. The Morgan fingerprint density at radius 2 is 1.67 bits per heavy atom. The molecule has 4 heteroatoms. The van der Waals surface area contributed by atoms with E-state index in [1.807, 2.05) is 58.2 Å². The molecule has 0 bridgehead atoms. The molecule has 0 aliphatic rings. The second-order valence-electron chi connectivity index (χ2n) is 5.03. The van der Waals surface area contributed by atoms with Crippen LogP contribution in [0.25, 0.3) is 0 Å². The summed E-state index contributed by atoms with van der Waals surface area (Å²) in [6.07, 6.45) is 0. The van der Waals surface area contributed by atoms with E-state index < -0.39 is 0 Å². The Morgan fingerprint density at radius 1 is 1.08 bits per heavy atom. The Bertz CT molecular complexity index is 570. The molecular weight excluding hydrogens is 325 g/mol. The molecule has 2 aromatic rings. The number of hydrogen-bond donors (Lipinski definition) is 1. The highest BCUT2D eigenvalue weighted by Gasteiger charge is 1.99. The lowest BCUT2D eigenvalue weighted by Crippen LogP contribution is -1.94. The number of ether oxygens (including phenoxy) is 1. The van der Waals surface area contributed by atoms with Crippen LogP contribution in [0, 0.1) is 5.82 Å². The van der Waals surface area contributed by atoms with Crippen LogP contribution >= 0.6 is 11.6 Å². The lowest BCUT2D eigenvalue weighted by molar-refractivity contribution is 0.340. The summed E-state index contributed by atoms with van der Waals surface area (Å²) in [5, 5.41) is 3.69. The van der Waals surface area contributed by atoms with Gasteiger partial charge in [-0.05, 0) is 42.7 Å². The number of rotatable bonds is 4. The summed E-state index contributed by atoms with van der Waals surface area (Å²) < 4.78 is 17.7. The van der Waals surface area contributed by atoms with Gasteiger partial charge in [-0.3, -0.25) is 0 Å². The van der Waals surface area contributed by atoms with Crippen LogP contribution in [0.5, 0.6) is 5.75 Å². The van der Waals surface area contributed by atoms with Crippen molar-refractivity contribution in [2.75, 3.05) is 19.0 Å². The fourth-order valence-electron chi connectivity index (χ4n) is 1.80. The predicted octanol–water partition coefficient (Wildman–Crippen LogP) is 6.76. The molecule has 0 spiro atoms. The third-order valence-electron chi connectivity index (χ3n) is 3.05. The van der Waals surface area contributed by atoms with Crippen molar-refractivity contribution in [3.8, 4) is 5.75 Å². The molecule has 0 aliphatic carbocycles. The van der Waals surface area contributed by atoms with Crippen LogP contribution in [-0.2, 0) is 0 Å². The average molecular weight is 354 g/mol. The molecule has 0 aliphatic heterocycles. The fraction of sp³-hybridized carbons (Fsp3) is 0.400. The van der Waals surface area contributed by atoms with Gasteiger partial charge < -0.3 is 10.1 Å². The van der Waals surface area contributed by atoms with Crippen LogP contribution in [0.1, 0.15) is 46.1 Å². The molecule has 0 heterocycles. The van der Waals surface area contributed by atoms with Gasteiger partial charge in [-0.1, -0.05) is 51.4 Å². The number of nitrogens with one attached hydrogen (secondary N) is 1. The Labute approximate surface area is 151 Å². The van der Waals surface area contributed by atoms with Crippen molar-refractivity contribution in [2.24, 2.45) is 0 Å². The first-order valence-electron chi connectivity index (χ1n) is 8.33. The highest BCUT2D eigenvalue weighted by Crippen LogP contribution is 2.26. The Balaban J connectivity index is 0.000000405. The van der Waals surface area contributed by atoms with Gasteiger partial charge in [0.05, 0.1) is 17.3 Å². The van der Waals surface area contributed by atoms with Crippen molar-refractivity contribution in [2.45, 2.75) is 40.5 Å². The van der Waals surface area contributed by atoms with E-state index in [9.17, 15) is 4.39 Å². The zero-order valence-electron chi connectivity index (χ0n) is 15.5. The normalized spacial score (nSPS) is 9.38. The van der Waals surface area contributed by atoms with Crippen LogP contribution in [0.15, 0.2) is 42.5 Å². The van der Waals surface area contributed by atoms with Crippen LogP contribution in [0.4, 0.5) is 10.1 Å². The predicted molar refractivity (Wildman–Crippen MR) is 104 cm³/mol. The van der Waals surface area contributed by atoms with E-state index in [4.69, 9.17) is 16.3 Å². The standard InChI is InChI=1S/C9H12ClNO.C9H11F.C2H6/c1-3-12-7-4-5-8(10)9(6-7)11-2;1-7(2)8-3-5-9(10)6-4-8;1-2/h4-6,11H,3H2,1-2H3;3-7H,1-2H3;1-2H3. The summed E-state index contributed by atoms with van der Waals surface area (Å²) in [6, 6.07) is 12.2. The summed E-state index contributed by atoms with van der Waals surface area (Å²) in [5.41, 5.74) is 2.07. The van der Waals surface area contributed by atoms with Gasteiger partial charge in [0.15, 0.2) is 0 Å². The molecule has 2 rings (SSSR count). The summed E-state index contributed by atoms with van der Waals surface area (Å²) >= 11 is 5.88. The maximum atomic E-state index is 12.4. The smallest absolute Gasteiger partial charge is 0.123 e. The van der Waals surface area contributed by atoms with E-state index in [1.165, 1.54) is 17.7 Å². The molecule has 0 atom stereocenters. The molecule has 0 fully saturated rings. The second-order valence-corrected chi connectivity index (χ2v) is 5.44. The topological polar surface area (TPSA) is 21.3 Å². The molecule has 0 saturated carbocycles. The van der Waals surface area contributed by atoms with Gasteiger partial charge >= 0.3 is 0 Å². The quantitative estimate of drug-likeness (QED) is 0.655. The molecule has 1 N–H and O–H groups in total. The maximum absolute atomic E-state index is 12.4. The first kappa shape index (κ1) is 22.3. The molecule has 0 radical (unpaired) electrons. The third kappa shape index (κ3) is 8.21. The van der Waals surface area contributed by atoms with Gasteiger partial charge in [-0.25, -0.2) is 4.39 Å². The average Bonchev–Trinajstić information content (AvgIpc) is 2.59. The van der Waals surface area contributed by atoms with Crippen LogP contribution in [-0.4, -0.2) is 13.7 Å². The van der Waals surface area contributed by atoms with Crippen molar-refractivity contribution in [1.29, 1.82) is 0 Å². The fourth-order valence-corrected chi connectivity index (χ4v) is 2.01. The van der Waals surface area contributed by atoms with Gasteiger partial charge in [-0.15, -0.1) is 0 Å². The van der Waals surface area contributed by atoms with Crippen molar-refractivity contribution >= 4 is 17.3 Å². The van der Waals surface area contributed by atoms with E-state index in [1.54, 1.807) is 0 Å². The zero-order valence-corrected chi connectivity index (χ0v) is 16.2. The molecule has 2 nitrogen and oxygen atoms in total. The first-order valence-corrected chi connectivity index (χ1v) is 8.71. The monoisotopic (exact) mass is 353 g/mol. The molecule has 0 amide bonds. The minimum Gasteiger partial charge on any atom is -0.494 e. The Kier molecular flexibility index (Phi) is 11.7. The number of halogens is 2. The highest BCUT2D eigenvalue weighted by molar-refractivity contribution is 6.33. The largest absolute Gasteiger partial charge is 0.494 e. The minimum absolute atomic E-state index is 0.163. The second kappa shape index (κ2) is 12.7. The van der Waals surface area contributed by atoms with E-state index in [0.717, 1.165) is 11.4 Å². The van der Waals surface area contributed by atoms with Gasteiger partial charge in [0.2, 0.25) is 0 Å². The minimum atomic E-state index is -0.163. The van der Waals surface area contributed by atoms with E-state index >= 15 is 0 Å². The van der Waals surface area contributed by atoms with Gasteiger partial charge in [0, 0.05) is 13.1 Å². The zero-order chi connectivity index (χ0) is 18.5. The van der Waals surface area contributed by atoms with Crippen LogP contribution in [0.2, 0.25) is 5.02 Å². The van der Waals surface area contributed by atoms with Gasteiger partial charge in [0.25, 0.3) is 0 Å². The van der Waals surface area contributed by atoms with Crippen molar-refractivity contribution in [1.82, 2.24) is 0 Å². The molecule has 0 aromatic heterocycles. The molecule has 24 heavy (non-hydrogen) atoms. The summed E-state index contributed by atoms with van der Waals surface area (Å²) in [5.74, 6) is 1.16. The first-order chi connectivity index (χ1) is 11.5. The molecule has 0 saturated heterocycles. The SMILES string of the molecule is CC.CC(C)c1ccc(F)cc1.CCOc1ccc(Cl)c(NC)c1. The number of benzene rings is 2. The Morgan fingerprint density at radius 3 is 2.12 bits per heavy atom. The van der Waals surface area contributed by atoms with Gasteiger partial charge in [0.1, 0.15) is 11.6 Å². The number of hydrogen-bond acceptors (Lipinski definition) is 2. The number of anilines is 1. The van der Waals surface area contributed by atoms with E-state index in [-0.39, 0.29) is 5.82 Å². The van der Waals surface area contributed by atoms with Crippen molar-refractivity contribution in [3.63, 3.8) is 0 Å². The van der Waals surface area contributed by atoms with Gasteiger partial charge in [-0.2, -0.15) is 0 Å². The van der Waals surface area contributed by atoms with E-state index in [0.29, 0.717) is 17.5 Å². The highest BCUT2D eigenvalue weighted by atomic mass is 35.5. The van der Waals surface area contributed by atoms with Crippen molar-refractivity contribution in [3.05, 3.63) is 58.9 Å².